The summed E-state index contributed by atoms with van der Waals surface area (Å²) in [4.78, 5) is 37.8. The lowest BCUT2D eigenvalue weighted by atomic mass is 10.2. The maximum atomic E-state index is 12.0. The van der Waals surface area contributed by atoms with E-state index in [9.17, 15) is 14.4 Å². The predicted octanol–water partition coefficient (Wildman–Crippen LogP) is 1.31. The van der Waals surface area contributed by atoms with Gasteiger partial charge in [0.25, 0.3) is 5.91 Å². The van der Waals surface area contributed by atoms with Gasteiger partial charge in [0, 0.05) is 23.1 Å². The molecule has 0 bridgehead atoms. The molecular formula is C15H15N3O4. The van der Waals surface area contributed by atoms with Gasteiger partial charge < -0.3 is 15.0 Å². The molecule has 0 atom stereocenters. The van der Waals surface area contributed by atoms with Gasteiger partial charge in [-0.2, -0.15) is 0 Å². The second-order valence-corrected chi connectivity index (χ2v) is 5.12. The largest absolute Gasteiger partial charge is 0.452 e. The molecule has 114 valence electrons. The first kappa shape index (κ1) is 14.1. The van der Waals surface area contributed by atoms with Crippen molar-refractivity contribution in [2.45, 2.75) is 18.9 Å². The van der Waals surface area contributed by atoms with Crippen LogP contribution in [-0.4, -0.2) is 35.5 Å². The van der Waals surface area contributed by atoms with E-state index in [-0.39, 0.29) is 6.04 Å². The molecule has 1 aromatic carbocycles. The van der Waals surface area contributed by atoms with E-state index >= 15 is 0 Å². The Bertz CT molecular complexity index is 733. The normalized spacial score (nSPS) is 13.6. The zero-order chi connectivity index (χ0) is 15.5. The lowest BCUT2D eigenvalue weighted by Crippen LogP contribution is -2.42. The molecule has 22 heavy (non-hydrogen) atoms. The quantitative estimate of drug-likeness (QED) is 0.741. The summed E-state index contributed by atoms with van der Waals surface area (Å²) in [5, 5.41) is 5.44. The number of para-hydroxylation sites is 1. The first-order chi connectivity index (χ1) is 10.6. The van der Waals surface area contributed by atoms with Crippen LogP contribution in [0.4, 0.5) is 4.79 Å². The summed E-state index contributed by atoms with van der Waals surface area (Å²) < 4.78 is 4.93. The molecule has 1 aliphatic carbocycles. The standard InChI is InChI=1S/C15H15N3O4/c19-13(18-15(21)17-9-5-6-9)8-22-14(20)11-7-16-12-4-2-1-3-10(11)12/h1-4,7,9,16H,5-6,8H2,(H2,17,18,19,21). The minimum absolute atomic E-state index is 0.154. The fourth-order valence-corrected chi connectivity index (χ4v) is 2.06. The number of fused-ring (bicyclic) bond motifs is 1. The zero-order valence-electron chi connectivity index (χ0n) is 11.7. The van der Waals surface area contributed by atoms with Crippen LogP contribution in [0.5, 0.6) is 0 Å². The van der Waals surface area contributed by atoms with Crippen molar-refractivity contribution in [1.82, 2.24) is 15.6 Å². The molecule has 0 radical (unpaired) electrons. The number of imide groups is 1. The van der Waals surface area contributed by atoms with Crippen molar-refractivity contribution in [2.75, 3.05) is 6.61 Å². The highest BCUT2D eigenvalue weighted by atomic mass is 16.5. The van der Waals surface area contributed by atoms with Crippen LogP contribution in [0.3, 0.4) is 0 Å². The molecule has 7 nitrogen and oxygen atoms in total. The Hall–Kier alpha value is -2.83. The van der Waals surface area contributed by atoms with Gasteiger partial charge >= 0.3 is 12.0 Å². The van der Waals surface area contributed by atoms with Gasteiger partial charge in [-0.3, -0.25) is 10.1 Å². The van der Waals surface area contributed by atoms with E-state index in [1.807, 2.05) is 18.2 Å². The lowest BCUT2D eigenvalue weighted by Gasteiger charge is -2.06. The van der Waals surface area contributed by atoms with Crippen molar-refractivity contribution in [3.05, 3.63) is 36.0 Å². The minimum atomic E-state index is -0.661. The number of hydrogen-bond acceptors (Lipinski definition) is 4. The molecule has 0 aliphatic heterocycles. The Balaban J connectivity index is 1.53. The van der Waals surface area contributed by atoms with Crippen LogP contribution in [0.2, 0.25) is 0 Å². The van der Waals surface area contributed by atoms with Gasteiger partial charge in [0.05, 0.1) is 5.56 Å². The molecule has 1 heterocycles. The number of H-pyrrole nitrogens is 1. The topological polar surface area (TPSA) is 100 Å². The first-order valence-corrected chi connectivity index (χ1v) is 6.97. The maximum Gasteiger partial charge on any atom is 0.340 e. The van der Waals surface area contributed by atoms with E-state index in [1.54, 1.807) is 6.07 Å². The molecule has 0 spiro atoms. The second kappa shape index (κ2) is 5.88. The lowest BCUT2D eigenvalue weighted by molar-refractivity contribution is -0.123. The predicted molar refractivity (Wildman–Crippen MR) is 78.3 cm³/mol. The van der Waals surface area contributed by atoms with Crippen LogP contribution in [0.15, 0.2) is 30.5 Å². The number of hydrogen-bond donors (Lipinski definition) is 3. The molecule has 3 amide bonds. The average Bonchev–Trinajstić information content (AvgIpc) is 3.20. The Morgan fingerprint density at radius 1 is 1.23 bits per heavy atom. The van der Waals surface area contributed by atoms with Gasteiger partial charge in [-0.15, -0.1) is 0 Å². The highest BCUT2D eigenvalue weighted by Crippen LogP contribution is 2.19. The van der Waals surface area contributed by atoms with Crippen LogP contribution in [0, 0.1) is 0 Å². The molecule has 3 rings (SSSR count). The van der Waals surface area contributed by atoms with Crippen molar-refractivity contribution >= 4 is 28.8 Å². The van der Waals surface area contributed by atoms with E-state index in [0.717, 1.165) is 23.7 Å². The average molecular weight is 301 g/mol. The van der Waals surface area contributed by atoms with Gasteiger partial charge in [-0.1, -0.05) is 18.2 Å². The minimum Gasteiger partial charge on any atom is -0.452 e. The number of rotatable bonds is 4. The Labute approximate surface area is 126 Å². The number of esters is 1. The molecule has 1 saturated carbocycles. The van der Waals surface area contributed by atoms with Crippen LogP contribution < -0.4 is 10.6 Å². The molecule has 2 aromatic rings. The number of carbonyl (C=O) groups is 3. The number of carbonyl (C=O) groups excluding carboxylic acids is 3. The fourth-order valence-electron chi connectivity index (χ4n) is 2.06. The highest BCUT2D eigenvalue weighted by molar-refractivity contribution is 6.05. The molecule has 3 N–H and O–H groups in total. The van der Waals surface area contributed by atoms with E-state index in [1.165, 1.54) is 6.20 Å². The molecule has 1 aromatic heterocycles. The SMILES string of the molecule is O=C(COC(=O)c1c[nH]c2ccccc12)NC(=O)NC1CC1. The van der Waals surface area contributed by atoms with Crippen LogP contribution in [0.25, 0.3) is 10.9 Å². The molecule has 7 heteroatoms. The van der Waals surface area contributed by atoms with Crippen LogP contribution in [-0.2, 0) is 9.53 Å². The molecule has 0 unspecified atom stereocenters. The van der Waals surface area contributed by atoms with Gasteiger partial charge in [0.15, 0.2) is 6.61 Å². The second-order valence-electron chi connectivity index (χ2n) is 5.12. The van der Waals surface area contributed by atoms with Crippen molar-refractivity contribution < 1.29 is 19.1 Å². The third kappa shape index (κ3) is 3.25. The Morgan fingerprint density at radius 2 is 2.00 bits per heavy atom. The third-order valence-electron chi connectivity index (χ3n) is 3.31. The van der Waals surface area contributed by atoms with Crippen molar-refractivity contribution in [2.24, 2.45) is 0 Å². The van der Waals surface area contributed by atoms with Gasteiger partial charge in [0.2, 0.25) is 0 Å². The third-order valence-corrected chi connectivity index (χ3v) is 3.31. The zero-order valence-corrected chi connectivity index (χ0v) is 11.7. The number of amides is 3. The molecule has 1 fully saturated rings. The summed E-state index contributed by atoms with van der Waals surface area (Å²) in [6, 6.07) is 6.87. The fraction of sp³-hybridized carbons (Fsp3) is 0.267. The number of aromatic amines is 1. The number of ether oxygens (including phenoxy) is 1. The van der Waals surface area contributed by atoms with E-state index in [0.29, 0.717) is 5.56 Å². The van der Waals surface area contributed by atoms with E-state index < -0.39 is 24.5 Å². The molecular weight excluding hydrogens is 286 g/mol. The smallest absolute Gasteiger partial charge is 0.340 e. The summed E-state index contributed by atoms with van der Waals surface area (Å²) in [5.74, 6) is -1.28. The summed E-state index contributed by atoms with van der Waals surface area (Å²) in [5.41, 5.74) is 1.16. The summed E-state index contributed by atoms with van der Waals surface area (Å²) in [6.07, 6.45) is 3.39. The van der Waals surface area contributed by atoms with Crippen molar-refractivity contribution in [3.8, 4) is 0 Å². The Kier molecular flexibility index (Phi) is 3.78. The highest BCUT2D eigenvalue weighted by Gasteiger charge is 2.24. The van der Waals surface area contributed by atoms with Gasteiger partial charge in [-0.05, 0) is 18.9 Å². The summed E-state index contributed by atoms with van der Waals surface area (Å²) >= 11 is 0. The van der Waals surface area contributed by atoms with Gasteiger partial charge in [-0.25, -0.2) is 9.59 Å². The summed E-state index contributed by atoms with van der Waals surface area (Å²) in [7, 11) is 0. The first-order valence-electron chi connectivity index (χ1n) is 6.97. The monoisotopic (exact) mass is 301 g/mol. The number of nitrogens with one attached hydrogen (secondary N) is 3. The summed E-state index contributed by atoms with van der Waals surface area (Å²) in [6.45, 7) is -0.504. The van der Waals surface area contributed by atoms with E-state index in [2.05, 4.69) is 15.6 Å². The van der Waals surface area contributed by atoms with Crippen molar-refractivity contribution in [1.29, 1.82) is 0 Å². The van der Waals surface area contributed by atoms with Gasteiger partial charge in [0.1, 0.15) is 0 Å². The number of benzene rings is 1. The molecule has 0 saturated heterocycles. The maximum absolute atomic E-state index is 12.0. The molecule has 1 aliphatic rings. The number of urea groups is 1. The van der Waals surface area contributed by atoms with Crippen LogP contribution >= 0.6 is 0 Å². The Morgan fingerprint density at radius 3 is 2.77 bits per heavy atom. The number of aromatic nitrogens is 1. The van der Waals surface area contributed by atoms with Crippen LogP contribution in [0.1, 0.15) is 23.2 Å². The van der Waals surface area contributed by atoms with E-state index in [4.69, 9.17) is 4.74 Å². The van der Waals surface area contributed by atoms with Crippen molar-refractivity contribution in [3.63, 3.8) is 0 Å².